The number of carbonyl (C=O) groups is 1. The first-order chi connectivity index (χ1) is 8.85. The predicted molar refractivity (Wildman–Crippen MR) is 82.3 cm³/mol. The first-order valence-corrected chi connectivity index (χ1v) is 8.08. The van der Waals surface area contributed by atoms with E-state index in [9.17, 15) is 4.79 Å². The van der Waals surface area contributed by atoms with Crippen LogP contribution in [0, 0.1) is 29.1 Å². The molecule has 0 N–H and O–H groups in total. The molecule has 0 atom stereocenters. The van der Waals surface area contributed by atoms with Crippen molar-refractivity contribution >= 4 is 5.97 Å². The Morgan fingerprint density at radius 3 is 1.95 bits per heavy atom. The SMILES string of the molecule is C.CCC(C)(C)C(=O)OC1(C)C2CC3CC(C2)CC1C3. The van der Waals surface area contributed by atoms with Gasteiger partial charge in [0.25, 0.3) is 0 Å². The summed E-state index contributed by atoms with van der Waals surface area (Å²) < 4.78 is 6.13. The van der Waals surface area contributed by atoms with Gasteiger partial charge in [0, 0.05) is 0 Å². The van der Waals surface area contributed by atoms with Gasteiger partial charge in [0.1, 0.15) is 5.60 Å². The van der Waals surface area contributed by atoms with E-state index in [2.05, 4.69) is 13.8 Å². The van der Waals surface area contributed by atoms with Gasteiger partial charge in [-0.15, -0.1) is 0 Å². The number of esters is 1. The lowest BCUT2D eigenvalue weighted by atomic mass is 9.50. The summed E-state index contributed by atoms with van der Waals surface area (Å²) in [7, 11) is 0. The highest BCUT2D eigenvalue weighted by molar-refractivity contribution is 5.76. The smallest absolute Gasteiger partial charge is 0.312 e. The molecule has 4 aliphatic rings. The lowest BCUT2D eigenvalue weighted by molar-refractivity contribution is -0.211. The average molecular weight is 280 g/mol. The zero-order valence-corrected chi connectivity index (χ0v) is 12.9. The van der Waals surface area contributed by atoms with Crippen molar-refractivity contribution in [2.75, 3.05) is 0 Å². The lowest BCUT2D eigenvalue weighted by Crippen LogP contribution is -2.58. The predicted octanol–water partition coefficient (Wildman–Crippen LogP) is 4.82. The Morgan fingerprint density at radius 1 is 1.10 bits per heavy atom. The topological polar surface area (TPSA) is 26.3 Å². The second kappa shape index (κ2) is 5.03. The van der Waals surface area contributed by atoms with Crippen molar-refractivity contribution in [1.29, 1.82) is 0 Å². The molecule has 0 amide bonds. The van der Waals surface area contributed by atoms with E-state index in [1.54, 1.807) is 0 Å². The third kappa shape index (κ3) is 2.29. The molecule has 0 saturated heterocycles. The number of rotatable bonds is 3. The summed E-state index contributed by atoms with van der Waals surface area (Å²) in [4.78, 5) is 12.5. The first-order valence-electron chi connectivity index (χ1n) is 8.08. The van der Waals surface area contributed by atoms with Gasteiger partial charge in [0.2, 0.25) is 0 Å². The van der Waals surface area contributed by atoms with Gasteiger partial charge in [-0.25, -0.2) is 0 Å². The largest absolute Gasteiger partial charge is 0.458 e. The van der Waals surface area contributed by atoms with Crippen molar-refractivity contribution in [2.45, 2.75) is 79.2 Å². The maximum atomic E-state index is 12.5. The molecule has 4 saturated carbocycles. The minimum Gasteiger partial charge on any atom is -0.458 e. The number of hydrogen-bond donors (Lipinski definition) is 0. The zero-order valence-electron chi connectivity index (χ0n) is 12.9. The molecule has 20 heavy (non-hydrogen) atoms. The van der Waals surface area contributed by atoms with Crippen molar-refractivity contribution in [2.24, 2.45) is 29.1 Å². The quantitative estimate of drug-likeness (QED) is 0.693. The van der Waals surface area contributed by atoms with Crippen LogP contribution in [0.1, 0.15) is 73.6 Å². The summed E-state index contributed by atoms with van der Waals surface area (Å²) >= 11 is 0. The van der Waals surface area contributed by atoms with Gasteiger partial charge >= 0.3 is 5.97 Å². The van der Waals surface area contributed by atoms with Crippen LogP contribution in [0.5, 0.6) is 0 Å². The van der Waals surface area contributed by atoms with Gasteiger partial charge in [-0.2, -0.15) is 0 Å². The standard InChI is InChI=1S/C17H28O2.CH4/c1-5-16(2,3)15(18)19-17(4)13-7-11-6-12(9-13)10-14(17)8-11;/h11-14H,5-10H2,1-4H3;1H4. The summed E-state index contributed by atoms with van der Waals surface area (Å²) in [6.07, 6.45) is 7.47. The van der Waals surface area contributed by atoms with E-state index in [0.29, 0.717) is 11.8 Å². The Morgan fingerprint density at radius 2 is 1.55 bits per heavy atom. The van der Waals surface area contributed by atoms with Gasteiger partial charge in [-0.05, 0) is 83.0 Å². The van der Waals surface area contributed by atoms with Crippen LogP contribution >= 0.6 is 0 Å². The van der Waals surface area contributed by atoms with Crippen LogP contribution in [-0.4, -0.2) is 11.6 Å². The van der Waals surface area contributed by atoms with E-state index >= 15 is 0 Å². The van der Waals surface area contributed by atoms with Crippen LogP contribution in [-0.2, 0) is 9.53 Å². The number of hydrogen-bond acceptors (Lipinski definition) is 2. The van der Waals surface area contributed by atoms with E-state index in [-0.39, 0.29) is 24.4 Å². The normalized spacial score (nSPS) is 42.2. The Kier molecular flexibility index (Phi) is 3.99. The highest BCUT2D eigenvalue weighted by atomic mass is 16.6. The molecule has 4 rings (SSSR count). The second-order valence-electron chi connectivity index (χ2n) is 8.12. The molecule has 0 aromatic rings. The maximum absolute atomic E-state index is 12.5. The van der Waals surface area contributed by atoms with Crippen LogP contribution in [0.15, 0.2) is 0 Å². The minimum atomic E-state index is -0.336. The minimum absolute atomic E-state index is 0. The van der Waals surface area contributed by atoms with Gasteiger partial charge < -0.3 is 4.74 Å². The molecule has 0 unspecified atom stereocenters. The molecule has 2 heteroatoms. The van der Waals surface area contributed by atoms with Gasteiger partial charge in [0.15, 0.2) is 0 Å². The fourth-order valence-electron chi connectivity index (χ4n) is 4.77. The molecular weight excluding hydrogens is 248 g/mol. The van der Waals surface area contributed by atoms with Crippen LogP contribution in [0.2, 0.25) is 0 Å². The Hall–Kier alpha value is -0.530. The van der Waals surface area contributed by atoms with Crippen LogP contribution < -0.4 is 0 Å². The van der Waals surface area contributed by atoms with Gasteiger partial charge in [0.05, 0.1) is 5.41 Å². The van der Waals surface area contributed by atoms with Gasteiger partial charge in [-0.3, -0.25) is 4.79 Å². The van der Waals surface area contributed by atoms with Gasteiger partial charge in [-0.1, -0.05) is 14.4 Å². The number of ether oxygens (including phenoxy) is 1. The molecular formula is C18H32O2. The highest BCUT2D eigenvalue weighted by Crippen LogP contribution is 2.59. The first kappa shape index (κ1) is 15.9. The average Bonchev–Trinajstić information content (AvgIpc) is 2.35. The van der Waals surface area contributed by atoms with E-state index in [1.165, 1.54) is 32.1 Å². The lowest BCUT2D eigenvalue weighted by Gasteiger charge is -2.59. The third-order valence-electron chi connectivity index (χ3n) is 6.51. The molecule has 4 aliphatic carbocycles. The van der Waals surface area contributed by atoms with Crippen LogP contribution in [0.25, 0.3) is 0 Å². The van der Waals surface area contributed by atoms with Crippen molar-refractivity contribution in [3.8, 4) is 0 Å². The molecule has 116 valence electrons. The maximum Gasteiger partial charge on any atom is 0.312 e. The Balaban J connectivity index is 0.00000147. The summed E-state index contributed by atoms with van der Waals surface area (Å²) in [5, 5.41) is 0. The molecule has 0 aliphatic heterocycles. The molecule has 0 spiro atoms. The fourth-order valence-corrected chi connectivity index (χ4v) is 4.77. The molecule has 4 bridgehead atoms. The van der Waals surface area contributed by atoms with Crippen molar-refractivity contribution in [3.05, 3.63) is 0 Å². The number of carbonyl (C=O) groups excluding carboxylic acids is 1. The molecule has 0 aromatic heterocycles. The monoisotopic (exact) mass is 280 g/mol. The second-order valence-corrected chi connectivity index (χ2v) is 8.12. The summed E-state index contributed by atoms with van der Waals surface area (Å²) in [6, 6.07) is 0. The summed E-state index contributed by atoms with van der Waals surface area (Å²) in [5.41, 5.74) is -0.505. The molecule has 0 aromatic carbocycles. The van der Waals surface area contributed by atoms with E-state index in [1.807, 2.05) is 13.8 Å². The highest BCUT2D eigenvalue weighted by Gasteiger charge is 2.57. The molecule has 2 nitrogen and oxygen atoms in total. The van der Waals surface area contributed by atoms with E-state index in [0.717, 1.165) is 18.3 Å². The van der Waals surface area contributed by atoms with Crippen molar-refractivity contribution in [1.82, 2.24) is 0 Å². The summed E-state index contributed by atoms with van der Waals surface area (Å²) in [6.45, 7) is 8.31. The molecule has 0 radical (unpaired) electrons. The zero-order chi connectivity index (χ0) is 13.8. The van der Waals surface area contributed by atoms with Crippen molar-refractivity contribution in [3.63, 3.8) is 0 Å². The van der Waals surface area contributed by atoms with Crippen molar-refractivity contribution < 1.29 is 9.53 Å². The Labute approximate surface area is 124 Å². The van der Waals surface area contributed by atoms with Crippen LogP contribution in [0.3, 0.4) is 0 Å². The molecule has 4 fully saturated rings. The van der Waals surface area contributed by atoms with Crippen LogP contribution in [0.4, 0.5) is 0 Å². The summed E-state index contributed by atoms with van der Waals surface area (Å²) in [5.74, 6) is 3.12. The van der Waals surface area contributed by atoms with E-state index < -0.39 is 0 Å². The molecule has 0 heterocycles. The van der Waals surface area contributed by atoms with E-state index in [4.69, 9.17) is 4.74 Å². The Bertz CT molecular complexity index is 355. The fraction of sp³-hybridized carbons (Fsp3) is 0.944. The third-order valence-corrected chi connectivity index (χ3v) is 6.51.